The number of hydrogen-bond donors (Lipinski definition) is 3. The Kier molecular flexibility index (Phi) is 7.67. The van der Waals surface area contributed by atoms with Crippen molar-refractivity contribution in [2.24, 2.45) is 0 Å². The normalized spacial score (nSPS) is 14.3. The lowest BCUT2D eigenvalue weighted by Gasteiger charge is -2.26. The predicted octanol–water partition coefficient (Wildman–Crippen LogP) is 1.60. The molecule has 3 rings (SSSR count). The SMILES string of the molecule is CCNc1ccc(S(=O)(=O)N2CC=C(c3cnc(C(=O)NCC(=O)OC)c(O)c3)CC2)cc1. The lowest BCUT2D eigenvalue weighted by molar-refractivity contribution is -0.139. The number of carbonyl (C=O) groups excluding carboxylic acids is 2. The molecular formula is C22H26N4O6S. The van der Waals surface area contributed by atoms with Crippen LogP contribution in [0.2, 0.25) is 0 Å². The highest BCUT2D eigenvalue weighted by Gasteiger charge is 2.27. The molecular weight excluding hydrogens is 448 g/mol. The molecule has 0 unspecified atom stereocenters. The van der Waals surface area contributed by atoms with Crippen molar-refractivity contribution in [1.82, 2.24) is 14.6 Å². The minimum absolute atomic E-state index is 0.175. The average molecular weight is 475 g/mol. The van der Waals surface area contributed by atoms with Crippen molar-refractivity contribution in [3.63, 3.8) is 0 Å². The molecule has 0 radical (unpaired) electrons. The van der Waals surface area contributed by atoms with E-state index in [2.05, 4.69) is 20.4 Å². The first kappa shape index (κ1) is 24.2. The third-order valence-corrected chi connectivity index (χ3v) is 7.00. The Hall–Kier alpha value is -3.44. The number of benzene rings is 1. The van der Waals surface area contributed by atoms with Gasteiger partial charge in [0.25, 0.3) is 5.91 Å². The number of nitrogens with zero attached hydrogens (tertiary/aromatic N) is 2. The van der Waals surface area contributed by atoms with Gasteiger partial charge in [-0.2, -0.15) is 4.31 Å². The van der Waals surface area contributed by atoms with Gasteiger partial charge in [0, 0.05) is 31.5 Å². The molecule has 176 valence electrons. The van der Waals surface area contributed by atoms with Crippen molar-refractivity contribution in [1.29, 1.82) is 0 Å². The molecule has 1 aliphatic heterocycles. The second-order valence-corrected chi connectivity index (χ2v) is 9.19. The molecule has 0 atom stereocenters. The fraction of sp³-hybridized carbons (Fsp3) is 0.318. The van der Waals surface area contributed by atoms with Crippen LogP contribution in [0, 0.1) is 0 Å². The van der Waals surface area contributed by atoms with Crippen LogP contribution in [-0.4, -0.2) is 68.0 Å². The standard InChI is InChI=1S/C22H26N4O6S/c1-3-23-17-4-6-18(7-5-17)33(30,31)26-10-8-15(9-11-26)16-12-19(27)21(24-13-16)22(29)25-14-20(28)32-2/h4-8,12-13,23,27H,3,9-11,14H2,1-2H3,(H,25,29). The van der Waals surface area contributed by atoms with E-state index < -0.39 is 21.9 Å². The first-order valence-electron chi connectivity index (χ1n) is 10.3. The highest BCUT2D eigenvalue weighted by Crippen LogP contribution is 2.28. The molecule has 0 aliphatic carbocycles. The molecule has 0 fully saturated rings. The number of aromatic hydroxyl groups is 1. The van der Waals surface area contributed by atoms with Crippen LogP contribution in [0.4, 0.5) is 5.69 Å². The molecule has 0 saturated heterocycles. The van der Waals surface area contributed by atoms with E-state index >= 15 is 0 Å². The topological polar surface area (TPSA) is 138 Å². The number of hydrogen-bond acceptors (Lipinski definition) is 8. The number of anilines is 1. The fourth-order valence-electron chi connectivity index (χ4n) is 3.34. The number of nitrogens with one attached hydrogen (secondary N) is 2. The number of pyridine rings is 1. The zero-order valence-corrected chi connectivity index (χ0v) is 19.2. The Morgan fingerprint density at radius 2 is 1.97 bits per heavy atom. The van der Waals surface area contributed by atoms with E-state index in [4.69, 9.17) is 0 Å². The first-order valence-corrected chi connectivity index (χ1v) is 11.8. The molecule has 2 aromatic rings. The summed E-state index contributed by atoms with van der Waals surface area (Å²) in [6.45, 7) is 2.81. The Labute approximate surface area is 192 Å². The van der Waals surface area contributed by atoms with Gasteiger partial charge >= 0.3 is 5.97 Å². The predicted molar refractivity (Wildman–Crippen MR) is 122 cm³/mol. The van der Waals surface area contributed by atoms with Crippen molar-refractivity contribution in [2.75, 3.05) is 38.6 Å². The third-order valence-electron chi connectivity index (χ3n) is 5.12. The Morgan fingerprint density at radius 3 is 2.55 bits per heavy atom. The maximum atomic E-state index is 13.0. The van der Waals surface area contributed by atoms with Gasteiger partial charge < -0.3 is 20.5 Å². The minimum Gasteiger partial charge on any atom is -0.505 e. The van der Waals surface area contributed by atoms with Crippen molar-refractivity contribution in [3.8, 4) is 5.75 Å². The molecule has 1 amide bonds. The van der Waals surface area contributed by atoms with Gasteiger partial charge in [-0.25, -0.2) is 13.4 Å². The lowest BCUT2D eigenvalue weighted by atomic mass is 10.0. The molecule has 2 heterocycles. The highest BCUT2D eigenvalue weighted by atomic mass is 32.2. The maximum absolute atomic E-state index is 13.0. The second kappa shape index (κ2) is 10.5. The van der Waals surface area contributed by atoms with Gasteiger partial charge in [-0.15, -0.1) is 0 Å². The molecule has 11 heteroatoms. The van der Waals surface area contributed by atoms with E-state index in [1.807, 2.05) is 6.92 Å². The van der Waals surface area contributed by atoms with Gasteiger partial charge in [0.15, 0.2) is 5.69 Å². The van der Waals surface area contributed by atoms with Crippen molar-refractivity contribution in [2.45, 2.75) is 18.2 Å². The van der Waals surface area contributed by atoms with E-state index in [-0.39, 0.29) is 36.0 Å². The number of esters is 1. The summed E-state index contributed by atoms with van der Waals surface area (Å²) in [5, 5.41) is 15.7. The largest absolute Gasteiger partial charge is 0.505 e. The summed E-state index contributed by atoms with van der Waals surface area (Å²) in [7, 11) is -2.44. The summed E-state index contributed by atoms with van der Waals surface area (Å²) in [4.78, 5) is 27.5. The Balaban J connectivity index is 1.69. The molecule has 0 saturated carbocycles. The third kappa shape index (κ3) is 5.68. The van der Waals surface area contributed by atoms with Crippen molar-refractivity contribution in [3.05, 3.63) is 53.9 Å². The van der Waals surface area contributed by atoms with Crippen molar-refractivity contribution >= 4 is 33.2 Å². The van der Waals surface area contributed by atoms with Crippen LogP contribution in [0.25, 0.3) is 5.57 Å². The number of methoxy groups -OCH3 is 1. The first-order chi connectivity index (χ1) is 15.8. The van der Waals surface area contributed by atoms with Gasteiger partial charge in [-0.05, 0) is 54.8 Å². The average Bonchev–Trinajstić information content (AvgIpc) is 2.83. The summed E-state index contributed by atoms with van der Waals surface area (Å²) in [6, 6.07) is 8.03. The van der Waals surface area contributed by atoms with Gasteiger partial charge in [0.2, 0.25) is 10.0 Å². The Bertz CT molecular complexity index is 1160. The minimum atomic E-state index is -3.64. The molecule has 1 aromatic carbocycles. The van der Waals surface area contributed by atoms with E-state index in [1.54, 1.807) is 30.3 Å². The van der Waals surface area contributed by atoms with Crippen LogP contribution in [0.5, 0.6) is 5.75 Å². The smallest absolute Gasteiger partial charge is 0.325 e. The van der Waals surface area contributed by atoms with Gasteiger partial charge in [-0.1, -0.05) is 6.08 Å². The van der Waals surface area contributed by atoms with Crippen LogP contribution >= 0.6 is 0 Å². The highest BCUT2D eigenvalue weighted by molar-refractivity contribution is 7.89. The molecule has 1 aromatic heterocycles. The molecule has 1 aliphatic rings. The number of rotatable bonds is 8. The van der Waals surface area contributed by atoms with E-state index in [0.29, 0.717) is 12.0 Å². The fourth-order valence-corrected chi connectivity index (χ4v) is 4.72. The van der Waals surface area contributed by atoms with E-state index in [9.17, 15) is 23.1 Å². The summed E-state index contributed by atoms with van der Waals surface area (Å²) >= 11 is 0. The number of carbonyl (C=O) groups is 2. The van der Waals surface area contributed by atoms with E-state index in [0.717, 1.165) is 17.8 Å². The van der Waals surface area contributed by atoms with Crippen molar-refractivity contribution < 1.29 is 27.9 Å². The quantitative estimate of drug-likeness (QED) is 0.491. The monoisotopic (exact) mass is 474 g/mol. The van der Waals surface area contributed by atoms with Gasteiger partial charge in [-0.3, -0.25) is 9.59 Å². The summed E-state index contributed by atoms with van der Waals surface area (Å²) in [5.41, 5.74) is 2.04. The number of amides is 1. The number of ether oxygens (including phenoxy) is 1. The molecule has 3 N–H and O–H groups in total. The molecule has 0 spiro atoms. The summed E-state index contributed by atoms with van der Waals surface area (Å²) in [5.74, 6) is -1.68. The second-order valence-electron chi connectivity index (χ2n) is 7.25. The van der Waals surface area contributed by atoms with Crippen LogP contribution < -0.4 is 10.6 Å². The zero-order valence-electron chi connectivity index (χ0n) is 18.4. The number of sulfonamides is 1. The van der Waals surface area contributed by atoms with Crippen LogP contribution in [0.1, 0.15) is 29.4 Å². The van der Waals surface area contributed by atoms with E-state index in [1.165, 1.54) is 23.7 Å². The number of aromatic nitrogens is 1. The van der Waals surface area contributed by atoms with Gasteiger partial charge in [0.1, 0.15) is 12.3 Å². The Morgan fingerprint density at radius 1 is 1.24 bits per heavy atom. The summed E-state index contributed by atoms with van der Waals surface area (Å²) < 4.78 is 31.7. The van der Waals surface area contributed by atoms with Crippen LogP contribution in [-0.2, 0) is 19.6 Å². The zero-order chi connectivity index (χ0) is 24.0. The lowest BCUT2D eigenvalue weighted by Crippen LogP contribution is -2.34. The summed E-state index contributed by atoms with van der Waals surface area (Å²) in [6.07, 6.45) is 3.62. The van der Waals surface area contributed by atoms with Gasteiger partial charge in [0.05, 0.1) is 12.0 Å². The van der Waals surface area contributed by atoms with Crippen LogP contribution in [0.3, 0.4) is 0 Å². The molecule has 0 bridgehead atoms. The van der Waals surface area contributed by atoms with Crippen LogP contribution in [0.15, 0.2) is 47.5 Å². The molecule has 33 heavy (non-hydrogen) atoms. The maximum Gasteiger partial charge on any atom is 0.325 e. The molecule has 10 nitrogen and oxygen atoms in total.